The van der Waals surface area contributed by atoms with Gasteiger partial charge in [-0.15, -0.1) is 0 Å². The van der Waals surface area contributed by atoms with E-state index in [-0.39, 0.29) is 0 Å². The molecule has 4 aromatic rings. The molecule has 0 unspecified atom stereocenters. The molecular formula is C19H14ClN3O. The van der Waals surface area contributed by atoms with E-state index in [1.165, 1.54) is 0 Å². The summed E-state index contributed by atoms with van der Waals surface area (Å²) >= 11 is 6.22. The van der Waals surface area contributed by atoms with Gasteiger partial charge in [-0.25, -0.2) is 4.98 Å². The number of aromatic nitrogens is 3. The van der Waals surface area contributed by atoms with E-state index < -0.39 is 0 Å². The van der Waals surface area contributed by atoms with Crippen molar-refractivity contribution in [1.82, 2.24) is 15.0 Å². The van der Waals surface area contributed by atoms with Crippen LogP contribution in [0.1, 0.15) is 5.69 Å². The summed E-state index contributed by atoms with van der Waals surface area (Å²) in [5, 5.41) is 1.60. The number of hydrogen-bond donors (Lipinski definition) is 1. The van der Waals surface area contributed by atoms with Gasteiger partial charge < -0.3 is 9.72 Å². The van der Waals surface area contributed by atoms with Gasteiger partial charge >= 0.3 is 0 Å². The van der Waals surface area contributed by atoms with Crippen LogP contribution in [-0.2, 0) is 6.61 Å². The van der Waals surface area contributed by atoms with Crippen LogP contribution in [-0.4, -0.2) is 15.0 Å². The summed E-state index contributed by atoms with van der Waals surface area (Å²) in [6.07, 6.45) is 3.45. The Hall–Kier alpha value is -2.85. The van der Waals surface area contributed by atoms with Crippen molar-refractivity contribution in [1.29, 1.82) is 0 Å². The first kappa shape index (κ1) is 14.7. The second kappa shape index (κ2) is 6.34. The molecule has 0 radical (unpaired) electrons. The SMILES string of the molecule is Clc1ccnc2[nH]c(-c3cccc(OCc4ccccn4)c3)cc12. The van der Waals surface area contributed by atoms with Crippen LogP contribution in [0.25, 0.3) is 22.3 Å². The Kier molecular flexibility index (Phi) is 3.89. The number of pyridine rings is 2. The Bertz CT molecular complexity index is 982. The number of aromatic amines is 1. The standard InChI is InChI=1S/C19H14ClN3O/c20-17-7-9-22-19-16(17)11-18(23-19)13-4-3-6-15(10-13)24-12-14-5-1-2-8-21-14/h1-11H,12H2,(H,22,23). The average Bonchev–Trinajstić information content (AvgIpc) is 3.07. The molecule has 0 atom stereocenters. The molecule has 0 aliphatic carbocycles. The van der Waals surface area contributed by atoms with Gasteiger partial charge in [0.1, 0.15) is 18.0 Å². The highest BCUT2D eigenvalue weighted by Crippen LogP contribution is 2.29. The van der Waals surface area contributed by atoms with Crippen LogP contribution in [0.3, 0.4) is 0 Å². The van der Waals surface area contributed by atoms with Crippen LogP contribution in [0.2, 0.25) is 5.02 Å². The fraction of sp³-hybridized carbons (Fsp3) is 0.0526. The maximum absolute atomic E-state index is 6.22. The van der Waals surface area contributed by atoms with E-state index in [1.807, 2.05) is 48.5 Å². The van der Waals surface area contributed by atoms with Crippen molar-refractivity contribution in [3.63, 3.8) is 0 Å². The lowest BCUT2D eigenvalue weighted by atomic mass is 10.1. The molecule has 0 amide bonds. The van der Waals surface area contributed by atoms with Crippen molar-refractivity contribution in [3.05, 3.63) is 77.7 Å². The molecule has 0 spiro atoms. The predicted octanol–water partition coefficient (Wildman–Crippen LogP) is 4.86. The second-order valence-electron chi connectivity index (χ2n) is 5.38. The van der Waals surface area contributed by atoms with E-state index in [0.29, 0.717) is 11.6 Å². The molecule has 0 saturated heterocycles. The summed E-state index contributed by atoms with van der Waals surface area (Å²) < 4.78 is 5.83. The second-order valence-corrected chi connectivity index (χ2v) is 5.78. The zero-order valence-corrected chi connectivity index (χ0v) is 13.5. The highest BCUT2D eigenvalue weighted by molar-refractivity contribution is 6.35. The zero-order chi connectivity index (χ0) is 16.4. The molecule has 0 aliphatic rings. The third-order valence-electron chi connectivity index (χ3n) is 3.74. The number of nitrogens with zero attached hydrogens (tertiary/aromatic N) is 2. The minimum absolute atomic E-state index is 0.435. The van der Waals surface area contributed by atoms with Gasteiger partial charge in [-0.1, -0.05) is 29.8 Å². The fourth-order valence-electron chi connectivity index (χ4n) is 2.54. The molecule has 3 aromatic heterocycles. The molecule has 0 aliphatic heterocycles. The van der Waals surface area contributed by atoms with Crippen LogP contribution in [0.5, 0.6) is 5.75 Å². The normalized spacial score (nSPS) is 10.9. The minimum atomic E-state index is 0.435. The summed E-state index contributed by atoms with van der Waals surface area (Å²) in [6, 6.07) is 17.5. The van der Waals surface area contributed by atoms with Crippen molar-refractivity contribution in [2.24, 2.45) is 0 Å². The summed E-state index contributed by atoms with van der Waals surface area (Å²) in [5.41, 5.74) is 3.64. The Morgan fingerprint density at radius 3 is 2.75 bits per heavy atom. The third-order valence-corrected chi connectivity index (χ3v) is 4.07. The van der Waals surface area contributed by atoms with Gasteiger partial charge in [-0.05, 0) is 36.4 Å². The van der Waals surface area contributed by atoms with Crippen LogP contribution in [0, 0.1) is 0 Å². The number of H-pyrrole nitrogens is 1. The van der Waals surface area contributed by atoms with Crippen LogP contribution >= 0.6 is 11.6 Å². The van der Waals surface area contributed by atoms with Gasteiger partial charge in [0.15, 0.2) is 0 Å². The summed E-state index contributed by atoms with van der Waals surface area (Å²) in [5.74, 6) is 0.788. The Labute approximate surface area is 144 Å². The lowest BCUT2D eigenvalue weighted by Crippen LogP contribution is -1.97. The fourth-order valence-corrected chi connectivity index (χ4v) is 2.74. The quantitative estimate of drug-likeness (QED) is 0.579. The molecule has 3 heterocycles. The molecule has 4 rings (SSSR count). The van der Waals surface area contributed by atoms with Gasteiger partial charge in [-0.2, -0.15) is 0 Å². The molecule has 0 fully saturated rings. The smallest absolute Gasteiger partial charge is 0.139 e. The van der Waals surface area contributed by atoms with E-state index in [9.17, 15) is 0 Å². The van der Waals surface area contributed by atoms with E-state index in [2.05, 4.69) is 15.0 Å². The van der Waals surface area contributed by atoms with Crippen LogP contribution < -0.4 is 4.74 Å². The number of halogens is 1. The predicted molar refractivity (Wildman–Crippen MR) is 95.1 cm³/mol. The van der Waals surface area contributed by atoms with Crippen molar-refractivity contribution >= 4 is 22.6 Å². The first-order chi connectivity index (χ1) is 11.8. The first-order valence-electron chi connectivity index (χ1n) is 7.56. The molecule has 1 aromatic carbocycles. The van der Waals surface area contributed by atoms with E-state index in [4.69, 9.17) is 16.3 Å². The van der Waals surface area contributed by atoms with E-state index >= 15 is 0 Å². The Balaban J connectivity index is 1.60. The van der Waals surface area contributed by atoms with Crippen molar-refractivity contribution in [2.45, 2.75) is 6.61 Å². The molecule has 1 N–H and O–H groups in total. The Morgan fingerprint density at radius 1 is 0.958 bits per heavy atom. The van der Waals surface area contributed by atoms with Gasteiger partial charge in [0.2, 0.25) is 0 Å². The van der Waals surface area contributed by atoms with Gasteiger partial charge in [-0.3, -0.25) is 4.98 Å². The largest absolute Gasteiger partial charge is 0.487 e. The summed E-state index contributed by atoms with van der Waals surface area (Å²) in [7, 11) is 0. The van der Waals surface area contributed by atoms with Crippen molar-refractivity contribution < 1.29 is 4.74 Å². The van der Waals surface area contributed by atoms with Crippen molar-refractivity contribution in [2.75, 3.05) is 0 Å². The van der Waals surface area contributed by atoms with E-state index in [0.717, 1.165) is 33.7 Å². The third kappa shape index (κ3) is 2.96. The topological polar surface area (TPSA) is 50.8 Å². The van der Waals surface area contributed by atoms with E-state index in [1.54, 1.807) is 18.5 Å². The molecule has 0 bridgehead atoms. The number of nitrogens with one attached hydrogen (secondary N) is 1. The van der Waals surface area contributed by atoms with Crippen LogP contribution in [0.15, 0.2) is 67.0 Å². The molecule has 0 saturated carbocycles. The molecule has 5 heteroatoms. The maximum Gasteiger partial charge on any atom is 0.139 e. The number of ether oxygens (including phenoxy) is 1. The summed E-state index contributed by atoms with van der Waals surface area (Å²) in [4.78, 5) is 11.9. The Morgan fingerprint density at radius 2 is 1.92 bits per heavy atom. The van der Waals surface area contributed by atoms with Gasteiger partial charge in [0.05, 0.1) is 10.7 Å². The van der Waals surface area contributed by atoms with Gasteiger partial charge in [0, 0.05) is 29.0 Å². The lowest BCUT2D eigenvalue weighted by molar-refractivity contribution is 0.301. The van der Waals surface area contributed by atoms with Gasteiger partial charge in [0.25, 0.3) is 0 Å². The maximum atomic E-state index is 6.22. The monoisotopic (exact) mass is 335 g/mol. The minimum Gasteiger partial charge on any atom is -0.487 e. The summed E-state index contributed by atoms with van der Waals surface area (Å²) in [6.45, 7) is 0.435. The highest BCUT2D eigenvalue weighted by atomic mass is 35.5. The lowest BCUT2D eigenvalue weighted by Gasteiger charge is -2.07. The molecular weight excluding hydrogens is 322 g/mol. The first-order valence-corrected chi connectivity index (χ1v) is 7.94. The number of benzene rings is 1. The zero-order valence-electron chi connectivity index (χ0n) is 12.7. The number of rotatable bonds is 4. The molecule has 24 heavy (non-hydrogen) atoms. The highest BCUT2D eigenvalue weighted by Gasteiger charge is 2.08. The number of fused-ring (bicyclic) bond motifs is 1. The number of hydrogen-bond acceptors (Lipinski definition) is 3. The van der Waals surface area contributed by atoms with Crippen molar-refractivity contribution in [3.8, 4) is 17.0 Å². The molecule has 118 valence electrons. The van der Waals surface area contributed by atoms with Crippen LogP contribution in [0.4, 0.5) is 0 Å². The molecule has 4 nitrogen and oxygen atoms in total. The average molecular weight is 336 g/mol.